The predicted molar refractivity (Wildman–Crippen MR) is 60.7 cm³/mol. The topological polar surface area (TPSA) is 59.9 Å². The molecule has 1 aromatic rings. The van der Waals surface area contributed by atoms with E-state index >= 15 is 0 Å². The molecule has 0 bridgehead atoms. The Balaban J connectivity index is 2.32. The van der Waals surface area contributed by atoms with E-state index in [0.717, 1.165) is 11.3 Å². The minimum atomic E-state index is -0.249. The van der Waals surface area contributed by atoms with Crippen molar-refractivity contribution in [2.45, 2.75) is 6.42 Å². The van der Waals surface area contributed by atoms with Gasteiger partial charge in [0.1, 0.15) is 0 Å². The lowest BCUT2D eigenvalue weighted by Gasteiger charge is -2.20. The van der Waals surface area contributed by atoms with Gasteiger partial charge in [0.2, 0.25) is 0 Å². The van der Waals surface area contributed by atoms with Gasteiger partial charge >= 0.3 is 0 Å². The molecule has 0 saturated carbocycles. The summed E-state index contributed by atoms with van der Waals surface area (Å²) in [6.45, 7) is 0.513. The molecule has 2 unspecified atom stereocenters. The standard InChI is InChI=1S/C13H11N3/c14-7-10-6-12(8-15)13(16-9-10)11-4-2-1-3-5-11/h1-5,10,12H,6,9H2. The number of benzene rings is 1. The Hall–Kier alpha value is -2.13. The van der Waals surface area contributed by atoms with Gasteiger partial charge in [-0.1, -0.05) is 30.3 Å². The van der Waals surface area contributed by atoms with E-state index in [1.165, 1.54) is 0 Å². The van der Waals surface area contributed by atoms with Crippen LogP contribution in [0.1, 0.15) is 12.0 Å². The van der Waals surface area contributed by atoms with Crippen LogP contribution in [0.25, 0.3) is 0 Å². The zero-order valence-electron chi connectivity index (χ0n) is 8.80. The summed E-state index contributed by atoms with van der Waals surface area (Å²) in [5, 5.41) is 17.9. The number of aliphatic imine (C=N–C) groups is 1. The molecule has 1 aliphatic heterocycles. The maximum atomic E-state index is 9.10. The van der Waals surface area contributed by atoms with Crippen LogP contribution in [0.2, 0.25) is 0 Å². The van der Waals surface area contributed by atoms with Gasteiger partial charge in [0, 0.05) is 0 Å². The van der Waals surface area contributed by atoms with Gasteiger partial charge in [0.05, 0.1) is 36.2 Å². The number of hydrogen-bond acceptors (Lipinski definition) is 3. The van der Waals surface area contributed by atoms with E-state index < -0.39 is 0 Å². The predicted octanol–water partition coefficient (Wildman–Crippen LogP) is 2.16. The van der Waals surface area contributed by atoms with E-state index in [1.807, 2.05) is 30.3 Å². The SMILES string of the molecule is N#CC1CN=C(c2ccccc2)C(C#N)C1. The molecule has 0 N–H and O–H groups in total. The maximum absolute atomic E-state index is 9.10. The smallest absolute Gasteiger partial charge is 0.0899 e. The highest BCUT2D eigenvalue weighted by Crippen LogP contribution is 2.23. The first-order valence-corrected chi connectivity index (χ1v) is 5.24. The van der Waals surface area contributed by atoms with Gasteiger partial charge in [-0.2, -0.15) is 10.5 Å². The van der Waals surface area contributed by atoms with E-state index in [4.69, 9.17) is 10.5 Å². The molecule has 78 valence electrons. The molecule has 16 heavy (non-hydrogen) atoms. The average molecular weight is 209 g/mol. The first kappa shape index (κ1) is 10.4. The van der Waals surface area contributed by atoms with Crippen molar-refractivity contribution in [3.05, 3.63) is 35.9 Å². The van der Waals surface area contributed by atoms with Gasteiger partial charge in [-0.05, 0) is 12.0 Å². The van der Waals surface area contributed by atoms with Crippen LogP contribution in [0.4, 0.5) is 0 Å². The van der Waals surface area contributed by atoms with Crippen LogP contribution < -0.4 is 0 Å². The third-order valence-electron chi connectivity index (χ3n) is 2.74. The van der Waals surface area contributed by atoms with Crippen molar-refractivity contribution in [2.24, 2.45) is 16.8 Å². The summed E-state index contributed by atoms with van der Waals surface area (Å²) in [6, 6.07) is 14.1. The van der Waals surface area contributed by atoms with Gasteiger partial charge < -0.3 is 0 Å². The zero-order valence-corrected chi connectivity index (χ0v) is 8.80. The van der Waals surface area contributed by atoms with Crippen LogP contribution in [-0.2, 0) is 0 Å². The molecule has 0 saturated heterocycles. The minimum Gasteiger partial charge on any atom is -0.286 e. The van der Waals surface area contributed by atoms with Crippen LogP contribution in [0.15, 0.2) is 35.3 Å². The van der Waals surface area contributed by atoms with Crippen molar-refractivity contribution in [2.75, 3.05) is 6.54 Å². The Morgan fingerprint density at radius 2 is 1.88 bits per heavy atom. The Labute approximate surface area is 94.7 Å². The lowest BCUT2D eigenvalue weighted by molar-refractivity contribution is 0.553. The molecule has 3 heteroatoms. The molecule has 0 fully saturated rings. The Morgan fingerprint density at radius 3 is 2.50 bits per heavy atom. The molecule has 1 heterocycles. The monoisotopic (exact) mass is 209 g/mol. The fourth-order valence-electron chi connectivity index (χ4n) is 1.90. The average Bonchev–Trinajstić information content (AvgIpc) is 2.39. The molecule has 0 amide bonds. The molecule has 1 aromatic carbocycles. The van der Waals surface area contributed by atoms with Crippen molar-refractivity contribution >= 4 is 5.71 Å². The zero-order chi connectivity index (χ0) is 11.4. The highest BCUT2D eigenvalue weighted by atomic mass is 14.8. The van der Waals surface area contributed by atoms with E-state index in [0.29, 0.717) is 13.0 Å². The van der Waals surface area contributed by atoms with Crippen LogP contribution >= 0.6 is 0 Å². The molecule has 0 spiro atoms. The Bertz CT molecular complexity index is 476. The maximum Gasteiger partial charge on any atom is 0.0899 e. The molecule has 2 rings (SSSR count). The number of rotatable bonds is 1. The summed E-state index contributed by atoms with van der Waals surface area (Å²) in [5.74, 6) is -0.363. The molecule has 3 nitrogen and oxygen atoms in total. The van der Waals surface area contributed by atoms with Gasteiger partial charge in [-0.15, -0.1) is 0 Å². The second kappa shape index (κ2) is 4.59. The third kappa shape index (κ3) is 1.94. The summed E-state index contributed by atoms with van der Waals surface area (Å²) in [6.07, 6.45) is 0.598. The van der Waals surface area contributed by atoms with Crippen molar-refractivity contribution in [1.82, 2.24) is 0 Å². The lowest BCUT2D eigenvalue weighted by Crippen LogP contribution is -2.24. The normalized spacial score (nSPS) is 24.0. The largest absolute Gasteiger partial charge is 0.286 e. The first-order chi connectivity index (χ1) is 7.85. The van der Waals surface area contributed by atoms with Crippen LogP contribution in [0.5, 0.6) is 0 Å². The van der Waals surface area contributed by atoms with Crippen molar-refractivity contribution in [1.29, 1.82) is 10.5 Å². The van der Waals surface area contributed by atoms with Gasteiger partial charge in [0.15, 0.2) is 0 Å². The summed E-state index contributed by atoms with van der Waals surface area (Å²) < 4.78 is 0. The second-order valence-corrected chi connectivity index (χ2v) is 3.84. The van der Waals surface area contributed by atoms with Crippen molar-refractivity contribution < 1.29 is 0 Å². The summed E-state index contributed by atoms with van der Waals surface area (Å²) in [4.78, 5) is 4.38. The molecular formula is C13H11N3. The molecule has 0 aromatic heterocycles. The number of nitrogens with zero attached hydrogens (tertiary/aromatic N) is 3. The van der Waals surface area contributed by atoms with Gasteiger partial charge in [-0.25, -0.2) is 0 Å². The second-order valence-electron chi connectivity index (χ2n) is 3.84. The van der Waals surface area contributed by atoms with Crippen LogP contribution in [0.3, 0.4) is 0 Å². The van der Waals surface area contributed by atoms with E-state index in [9.17, 15) is 0 Å². The summed E-state index contributed by atoms with van der Waals surface area (Å²) >= 11 is 0. The van der Waals surface area contributed by atoms with Crippen LogP contribution in [-0.4, -0.2) is 12.3 Å². The van der Waals surface area contributed by atoms with Gasteiger partial charge in [-0.3, -0.25) is 4.99 Å². The summed E-state index contributed by atoms with van der Waals surface area (Å²) in [5.41, 5.74) is 1.82. The Kier molecular flexibility index (Phi) is 2.98. The fraction of sp³-hybridized carbons (Fsp3) is 0.308. The van der Waals surface area contributed by atoms with Crippen molar-refractivity contribution in [3.8, 4) is 12.1 Å². The lowest BCUT2D eigenvalue weighted by atomic mass is 9.86. The number of nitriles is 2. The van der Waals surface area contributed by atoms with E-state index in [1.54, 1.807) is 0 Å². The van der Waals surface area contributed by atoms with Crippen LogP contribution in [0, 0.1) is 34.5 Å². The molecule has 0 radical (unpaired) electrons. The van der Waals surface area contributed by atoms with E-state index in [-0.39, 0.29) is 11.8 Å². The molecule has 1 aliphatic rings. The molecule has 0 aliphatic carbocycles. The van der Waals surface area contributed by atoms with E-state index in [2.05, 4.69) is 17.1 Å². The van der Waals surface area contributed by atoms with Crippen molar-refractivity contribution in [3.63, 3.8) is 0 Å². The molecule has 2 atom stereocenters. The van der Waals surface area contributed by atoms with Gasteiger partial charge in [0.25, 0.3) is 0 Å². The quantitative estimate of drug-likeness (QED) is 0.711. The summed E-state index contributed by atoms with van der Waals surface area (Å²) in [7, 11) is 0. The highest BCUT2D eigenvalue weighted by Gasteiger charge is 2.26. The Morgan fingerprint density at radius 1 is 1.12 bits per heavy atom. The molecular weight excluding hydrogens is 198 g/mol. The highest BCUT2D eigenvalue weighted by molar-refractivity contribution is 6.04. The minimum absolute atomic E-state index is 0.114. The fourth-order valence-corrected chi connectivity index (χ4v) is 1.90. The third-order valence-corrected chi connectivity index (χ3v) is 2.74. The first-order valence-electron chi connectivity index (χ1n) is 5.24. The number of hydrogen-bond donors (Lipinski definition) is 0.